The van der Waals surface area contributed by atoms with E-state index in [0.717, 1.165) is 27.2 Å². The summed E-state index contributed by atoms with van der Waals surface area (Å²) in [5, 5.41) is 15.4. The molecule has 1 unspecified atom stereocenters. The molecule has 0 heterocycles. The number of aliphatic hydroxyl groups excluding tert-OH is 1. The Balaban J connectivity index is 0.000000584. The summed E-state index contributed by atoms with van der Waals surface area (Å²) in [7, 11) is 20.2. The molecule has 0 saturated carbocycles. The molecule has 0 bridgehead atoms. The van der Waals surface area contributed by atoms with Gasteiger partial charge in [0.15, 0.2) is 0 Å². The van der Waals surface area contributed by atoms with Crippen molar-refractivity contribution in [1.29, 1.82) is 0 Å². The molecule has 0 radical (unpaired) electrons. The summed E-state index contributed by atoms with van der Waals surface area (Å²) in [5.41, 5.74) is 0.885. The van der Waals surface area contributed by atoms with Crippen LogP contribution in [0.1, 0.15) is 11.4 Å². The molecule has 0 fully saturated rings. The van der Waals surface area contributed by atoms with Crippen molar-refractivity contribution in [3.05, 3.63) is 121 Å². The maximum atomic E-state index is 12.0. The second kappa shape index (κ2) is 13.6. The van der Waals surface area contributed by atoms with Crippen molar-refractivity contribution in [2.24, 2.45) is 0 Å². The van der Waals surface area contributed by atoms with Crippen LogP contribution in [0, 0.1) is 0 Å². The zero-order valence-corrected chi connectivity index (χ0v) is 26.7. The van der Waals surface area contributed by atoms with Crippen molar-refractivity contribution in [3.63, 3.8) is 0 Å². The van der Waals surface area contributed by atoms with Gasteiger partial charge in [0.2, 0.25) is 5.85 Å². The van der Waals surface area contributed by atoms with Crippen LogP contribution >= 0.6 is 53.2 Å². The molecule has 36 heavy (non-hydrogen) atoms. The van der Waals surface area contributed by atoms with Gasteiger partial charge in [-0.15, -0.1) is 0 Å². The monoisotopic (exact) mass is 702 g/mol. The molecule has 1 N–H and O–H groups in total. The van der Waals surface area contributed by atoms with E-state index in [0.29, 0.717) is 0 Å². The summed E-state index contributed by atoms with van der Waals surface area (Å²) in [6, 6.07) is 39.0. The molecule has 2 nitrogen and oxygen atoms in total. The van der Waals surface area contributed by atoms with E-state index in [9.17, 15) is 5.11 Å². The molecule has 4 aromatic carbocycles. The van der Waals surface area contributed by atoms with Gasteiger partial charge < -0.3 is 22.3 Å². The van der Waals surface area contributed by atoms with E-state index in [1.807, 2.05) is 42.5 Å². The summed E-state index contributed by atoms with van der Waals surface area (Å²) >= 11 is 0. The number of aliphatic hydroxyl groups is 1. The van der Waals surface area contributed by atoms with Gasteiger partial charge in [-0.25, -0.2) is 0 Å². The van der Waals surface area contributed by atoms with Crippen molar-refractivity contribution < 1.29 is 32.7 Å². The average Bonchev–Trinajstić information content (AvgIpc) is 2.85. The standard InChI is InChI=1S/C26H24O2P.6ClH.Nb/c1-28-22-19-17-21(18-20-22)26(27)29(23-11-5-2-6-12-23,24-13-7-3-8-14-24)25-15-9-4-10-16-25;;;;;;;/h2-20,26-27H,1H3;6*1H;/q+1;;;;;;;+5/p-6. The van der Waals surface area contributed by atoms with E-state index in [2.05, 4.69) is 72.8 Å². The average molecular weight is 705 g/mol. The van der Waals surface area contributed by atoms with E-state index < -0.39 is 23.5 Å². The Labute approximate surface area is 239 Å². The zero-order chi connectivity index (χ0) is 25.6. The van der Waals surface area contributed by atoms with Crippen LogP contribution in [-0.2, 0) is 10.4 Å². The predicted octanol–water partition coefficient (Wildman–Crippen LogP) is 5.13. The molecule has 1 atom stereocenters. The van der Waals surface area contributed by atoms with Gasteiger partial charge in [-0.05, 0) is 60.7 Å². The summed E-state index contributed by atoms with van der Waals surface area (Å²) in [4.78, 5) is 0. The number of rotatable bonds is 6. The van der Waals surface area contributed by atoms with Gasteiger partial charge in [0, 0.05) is 5.56 Å². The Morgan fingerprint density at radius 1 is 0.611 bits per heavy atom. The molecular weight excluding hydrogens is 681 g/mol. The molecule has 0 aliphatic rings. The zero-order valence-electron chi connectivity index (χ0n) is 19.1. The maximum absolute atomic E-state index is 12.0. The van der Waals surface area contributed by atoms with Crippen LogP contribution in [0.3, 0.4) is 0 Å². The molecule has 0 aliphatic carbocycles. The Hall–Kier alpha value is -0.450. The SMILES string of the molecule is COc1ccc(C(O)[P+](c2ccccc2)(c2ccccc2)c2ccccc2)cc1.[Cl-].[Cl][Nb]([Cl])([Cl])([Cl])[Cl]. The second-order valence-corrected chi connectivity index (χ2v) is 44.4. The van der Waals surface area contributed by atoms with E-state index >= 15 is 0 Å². The second-order valence-electron chi connectivity index (χ2n) is 7.52. The van der Waals surface area contributed by atoms with Crippen molar-refractivity contribution in [3.8, 4) is 5.75 Å². The normalized spacial score (nSPS) is 13.1. The third-order valence-corrected chi connectivity index (χ3v) is 9.64. The van der Waals surface area contributed by atoms with Gasteiger partial charge >= 0.3 is 56.4 Å². The summed E-state index contributed by atoms with van der Waals surface area (Å²) < 4.78 is 5.32. The van der Waals surface area contributed by atoms with Crippen LogP contribution in [0.25, 0.3) is 0 Å². The topological polar surface area (TPSA) is 29.5 Å². The fraction of sp³-hybridized carbons (Fsp3) is 0.0769. The van der Waals surface area contributed by atoms with Crippen LogP contribution in [0.4, 0.5) is 0 Å². The Bertz CT molecular complexity index is 1090. The van der Waals surface area contributed by atoms with E-state index in [1.165, 1.54) is 0 Å². The first-order valence-corrected chi connectivity index (χ1v) is 26.5. The van der Waals surface area contributed by atoms with Crippen molar-refractivity contribution in [2.75, 3.05) is 7.11 Å². The van der Waals surface area contributed by atoms with E-state index in [-0.39, 0.29) is 12.4 Å². The number of halogens is 6. The summed E-state index contributed by atoms with van der Waals surface area (Å²) in [6.45, 7) is 0. The molecule has 0 aliphatic heterocycles. The van der Waals surface area contributed by atoms with Crippen LogP contribution in [-0.4, -0.2) is 12.2 Å². The van der Waals surface area contributed by atoms with Crippen LogP contribution < -0.4 is 33.1 Å². The summed E-state index contributed by atoms with van der Waals surface area (Å²) in [5.74, 6) is 0.102. The first kappa shape index (κ1) is 31.8. The predicted molar refractivity (Wildman–Crippen MR) is 152 cm³/mol. The fourth-order valence-corrected chi connectivity index (χ4v) is 8.15. The minimum absolute atomic E-state index is 0. The summed E-state index contributed by atoms with van der Waals surface area (Å²) in [6.07, 6.45) is 0. The fourth-order valence-electron chi connectivity index (χ4n) is 3.86. The Morgan fingerprint density at radius 2 is 0.917 bits per heavy atom. The molecule has 4 aromatic rings. The third-order valence-electron chi connectivity index (χ3n) is 5.27. The molecule has 0 saturated heterocycles. The molecule has 0 spiro atoms. The number of hydrogen-bond acceptors (Lipinski definition) is 2. The van der Waals surface area contributed by atoms with E-state index in [4.69, 9.17) is 50.7 Å². The van der Waals surface area contributed by atoms with Crippen LogP contribution in [0.2, 0.25) is 0 Å². The van der Waals surface area contributed by atoms with Crippen molar-refractivity contribution in [2.45, 2.75) is 5.85 Å². The quantitative estimate of drug-likeness (QED) is 0.223. The van der Waals surface area contributed by atoms with Gasteiger partial charge in [0.1, 0.15) is 28.9 Å². The first-order chi connectivity index (χ1) is 16.5. The van der Waals surface area contributed by atoms with Crippen LogP contribution in [0.5, 0.6) is 5.75 Å². The molecule has 0 aromatic heterocycles. The number of hydrogen-bond donors (Lipinski definition) is 1. The number of methoxy groups -OCH3 is 1. The number of benzene rings is 4. The van der Waals surface area contributed by atoms with Gasteiger partial charge in [-0.1, -0.05) is 54.6 Å². The minimum atomic E-state index is -4.33. The third kappa shape index (κ3) is 8.80. The van der Waals surface area contributed by atoms with Crippen molar-refractivity contribution in [1.82, 2.24) is 0 Å². The molecular formula is C26H24Cl6NbO2P. The van der Waals surface area contributed by atoms with Gasteiger partial charge in [0.05, 0.1) is 7.11 Å². The Morgan fingerprint density at radius 3 is 1.19 bits per heavy atom. The molecule has 192 valence electrons. The number of ether oxygens (including phenoxy) is 1. The van der Waals surface area contributed by atoms with Crippen molar-refractivity contribution >= 4 is 69.1 Å². The van der Waals surface area contributed by atoms with Gasteiger partial charge in [-0.2, -0.15) is 0 Å². The Kier molecular flexibility index (Phi) is 12.0. The first-order valence-electron chi connectivity index (χ1n) is 10.5. The van der Waals surface area contributed by atoms with Gasteiger partial charge in [0.25, 0.3) is 0 Å². The molecule has 10 heteroatoms. The van der Waals surface area contributed by atoms with Crippen LogP contribution in [0.15, 0.2) is 115 Å². The van der Waals surface area contributed by atoms with E-state index in [1.54, 1.807) is 7.11 Å². The molecule has 0 amide bonds. The molecule has 4 rings (SSSR count). The van der Waals surface area contributed by atoms with Gasteiger partial charge in [-0.3, -0.25) is 0 Å².